The molecule has 0 aliphatic heterocycles. The van der Waals surface area contributed by atoms with Gasteiger partial charge in [-0.05, 0) is 12.8 Å². The molecule has 0 amide bonds. The smallest absolute Gasteiger partial charge is 0.0540 e. The summed E-state index contributed by atoms with van der Waals surface area (Å²) in [5.74, 6) is 0. The van der Waals surface area contributed by atoms with Crippen LogP contribution in [0.1, 0.15) is 32.1 Å². The van der Waals surface area contributed by atoms with Crippen molar-refractivity contribution in [2.24, 2.45) is 0 Å². The monoisotopic (exact) mass is 308 g/mol. The van der Waals surface area contributed by atoms with Gasteiger partial charge in [0.15, 0.2) is 0 Å². The van der Waals surface area contributed by atoms with Crippen LogP contribution in [-0.2, 0) is 0 Å². The Morgan fingerprint density at radius 1 is 1.00 bits per heavy atom. The summed E-state index contributed by atoms with van der Waals surface area (Å²) in [5.41, 5.74) is 0. The summed E-state index contributed by atoms with van der Waals surface area (Å²) in [4.78, 5) is 0. The van der Waals surface area contributed by atoms with Gasteiger partial charge in [0.05, 0.1) is 6.10 Å². The maximum Gasteiger partial charge on any atom is 0.0540 e. The van der Waals surface area contributed by atoms with Crippen LogP contribution in [0.5, 0.6) is 0 Å². The third kappa shape index (κ3) is 3.02. The average molecular weight is 307 g/mol. The fraction of sp³-hybridized carbons (Fsp3) is 1.00. The first-order valence-corrected chi connectivity index (χ1v) is 3.07. The molecule has 1 saturated carbocycles. The standard InChI is InChI=1S/C6H12O.Pb/c7-6-4-2-1-3-5-6;/h6-7H,1-5H2;. The van der Waals surface area contributed by atoms with Crippen LogP contribution in [0.25, 0.3) is 0 Å². The Morgan fingerprint density at radius 3 is 1.75 bits per heavy atom. The Hall–Kier alpha value is 0.882. The van der Waals surface area contributed by atoms with E-state index in [-0.39, 0.29) is 33.4 Å². The second kappa shape index (κ2) is 4.73. The van der Waals surface area contributed by atoms with Crippen LogP contribution in [0.2, 0.25) is 0 Å². The molecule has 0 bridgehead atoms. The predicted molar refractivity (Wildman–Crippen MR) is 34.8 cm³/mol. The molecule has 1 aliphatic carbocycles. The Balaban J connectivity index is 0.000000490. The zero-order chi connectivity index (χ0) is 5.11. The summed E-state index contributed by atoms with van der Waals surface area (Å²) >= 11 is 0. The van der Waals surface area contributed by atoms with Crippen LogP contribution in [-0.4, -0.2) is 38.5 Å². The topological polar surface area (TPSA) is 20.2 Å². The van der Waals surface area contributed by atoms with Crippen LogP contribution in [0.15, 0.2) is 0 Å². The Morgan fingerprint density at radius 2 is 1.50 bits per heavy atom. The van der Waals surface area contributed by atoms with Gasteiger partial charge in [-0.1, -0.05) is 19.3 Å². The van der Waals surface area contributed by atoms with E-state index in [1.807, 2.05) is 0 Å². The zero-order valence-corrected chi connectivity index (χ0v) is 8.95. The van der Waals surface area contributed by atoms with Crippen molar-refractivity contribution in [1.82, 2.24) is 0 Å². The minimum Gasteiger partial charge on any atom is -0.393 e. The van der Waals surface area contributed by atoms with Gasteiger partial charge < -0.3 is 5.11 Å². The molecule has 46 valence electrons. The van der Waals surface area contributed by atoms with Crippen LogP contribution < -0.4 is 0 Å². The van der Waals surface area contributed by atoms with E-state index in [1.165, 1.54) is 19.3 Å². The van der Waals surface area contributed by atoms with Crippen LogP contribution in [0, 0.1) is 0 Å². The van der Waals surface area contributed by atoms with Crippen molar-refractivity contribution in [1.29, 1.82) is 0 Å². The summed E-state index contributed by atoms with van der Waals surface area (Å²) in [6.45, 7) is 0. The first kappa shape index (κ1) is 8.88. The average Bonchev–Trinajstić information content (AvgIpc) is 1.69. The van der Waals surface area contributed by atoms with Gasteiger partial charge >= 0.3 is 0 Å². The van der Waals surface area contributed by atoms with E-state index in [9.17, 15) is 0 Å². The molecule has 0 unspecified atom stereocenters. The van der Waals surface area contributed by atoms with Crippen molar-refractivity contribution in [2.75, 3.05) is 0 Å². The van der Waals surface area contributed by atoms with Crippen molar-refractivity contribution in [3.05, 3.63) is 0 Å². The molecule has 1 fully saturated rings. The molecule has 0 saturated heterocycles. The summed E-state index contributed by atoms with van der Waals surface area (Å²) in [6.07, 6.45) is 5.92. The number of aliphatic hydroxyl groups is 1. The van der Waals surface area contributed by atoms with Crippen molar-refractivity contribution >= 4 is 27.3 Å². The van der Waals surface area contributed by atoms with Gasteiger partial charge in [-0.15, -0.1) is 0 Å². The van der Waals surface area contributed by atoms with Gasteiger partial charge in [0.1, 0.15) is 0 Å². The second-order valence-corrected chi connectivity index (χ2v) is 2.29. The van der Waals surface area contributed by atoms with Crippen LogP contribution in [0.4, 0.5) is 0 Å². The number of hydrogen-bond donors (Lipinski definition) is 1. The maximum absolute atomic E-state index is 8.91. The molecule has 0 aromatic heterocycles. The molecule has 0 heterocycles. The molecule has 4 radical (unpaired) electrons. The summed E-state index contributed by atoms with van der Waals surface area (Å²) in [6, 6.07) is 0. The van der Waals surface area contributed by atoms with Crippen molar-refractivity contribution in [2.45, 2.75) is 38.2 Å². The summed E-state index contributed by atoms with van der Waals surface area (Å²) < 4.78 is 0. The van der Waals surface area contributed by atoms with Gasteiger partial charge in [0, 0.05) is 27.3 Å². The largest absolute Gasteiger partial charge is 0.393 e. The maximum atomic E-state index is 8.91. The van der Waals surface area contributed by atoms with Gasteiger partial charge in [-0.25, -0.2) is 0 Å². The molecule has 0 aromatic carbocycles. The molecular formula is C6H12OPb. The SMILES string of the molecule is OC1CCCCC1.[Pb]. The normalized spacial score (nSPS) is 22.1. The third-order valence-corrected chi connectivity index (χ3v) is 1.57. The van der Waals surface area contributed by atoms with Gasteiger partial charge in [0.2, 0.25) is 0 Å². The van der Waals surface area contributed by atoms with E-state index >= 15 is 0 Å². The van der Waals surface area contributed by atoms with Crippen molar-refractivity contribution < 1.29 is 5.11 Å². The molecule has 2 heteroatoms. The molecule has 0 aromatic rings. The molecule has 0 atom stereocenters. The quantitative estimate of drug-likeness (QED) is 0.660. The molecule has 1 N–H and O–H groups in total. The van der Waals surface area contributed by atoms with E-state index in [0.717, 1.165) is 12.8 Å². The predicted octanol–water partition coefficient (Wildman–Crippen LogP) is 0.931. The summed E-state index contributed by atoms with van der Waals surface area (Å²) in [5, 5.41) is 8.91. The van der Waals surface area contributed by atoms with E-state index < -0.39 is 0 Å². The Kier molecular flexibility index (Phi) is 5.25. The van der Waals surface area contributed by atoms with E-state index in [2.05, 4.69) is 0 Å². The van der Waals surface area contributed by atoms with Gasteiger partial charge in [-0.3, -0.25) is 0 Å². The zero-order valence-electron chi connectivity index (χ0n) is 5.06. The van der Waals surface area contributed by atoms with E-state index in [4.69, 9.17) is 5.11 Å². The number of hydrogen-bond acceptors (Lipinski definition) is 1. The fourth-order valence-electron chi connectivity index (χ4n) is 1.08. The van der Waals surface area contributed by atoms with E-state index in [0.29, 0.717) is 0 Å². The van der Waals surface area contributed by atoms with Gasteiger partial charge in [0.25, 0.3) is 0 Å². The number of rotatable bonds is 0. The van der Waals surface area contributed by atoms with Crippen LogP contribution >= 0.6 is 0 Å². The molecule has 1 aliphatic rings. The van der Waals surface area contributed by atoms with Crippen molar-refractivity contribution in [3.63, 3.8) is 0 Å². The molecular weight excluding hydrogens is 295 g/mol. The number of aliphatic hydroxyl groups excluding tert-OH is 1. The van der Waals surface area contributed by atoms with Crippen molar-refractivity contribution in [3.8, 4) is 0 Å². The van der Waals surface area contributed by atoms with E-state index in [1.54, 1.807) is 0 Å². The summed E-state index contributed by atoms with van der Waals surface area (Å²) in [7, 11) is 0. The molecule has 1 rings (SSSR count). The van der Waals surface area contributed by atoms with Gasteiger partial charge in [-0.2, -0.15) is 0 Å². The minimum atomic E-state index is 0. The fourth-order valence-corrected chi connectivity index (χ4v) is 1.08. The first-order chi connectivity index (χ1) is 3.39. The molecule has 1 nitrogen and oxygen atoms in total. The third-order valence-electron chi connectivity index (χ3n) is 1.57. The Labute approximate surface area is 70.6 Å². The first-order valence-electron chi connectivity index (χ1n) is 3.07. The van der Waals surface area contributed by atoms with Crippen LogP contribution in [0.3, 0.4) is 0 Å². The second-order valence-electron chi connectivity index (χ2n) is 2.29. The minimum absolute atomic E-state index is 0. The molecule has 8 heavy (non-hydrogen) atoms. The Bertz CT molecular complexity index is 50.5. The molecule has 0 spiro atoms.